The summed E-state index contributed by atoms with van der Waals surface area (Å²) in [6, 6.07) is 24.2. The number of ether oxygens (including phenoxy) is 2. The topological polar surface area (TPSA) is 47.6 Å². The Hall–Kier alpha value is -3.53. The first kappa shape index (κ1) is 17.3. The van der Waals surface area contributed by atoms with Crippen molar-refractivity contribution in [2.24, 2.45) is 0 Å². The summed E-state index contributed by atoms with van der Waals surface area (Å²) in [5.41, 5.74) is 1.52. The average Bonchev–Trinajstić information content (AvgIpc) is 2.69. The fourth-order valence-electron chi connectivity index (χ4n) is 2.34. The van der Waals surface area contributed by atoms with Gasteiger partial charge in [-0.05, 0) is 48.0 Å². The van der Waals surface area contributed by atoms with Crippen molar-refractivity contribution in [3.63, 3.8) is 0 Å². The first-order chi connectivity index (χ1) is 12.7. The average molecular weight is 345 g/mol. The third kappa shape index (κ3) is 4.74. The molecular weight excluding hydrogens is 326 g/mol. The fraction of sp³-hybridized carbons (Fsp3) is 0.0455. The van der Waals surface area contributed by atoms with Crippen molar-refractivity contribution in [1.82, 2.24) is 0 Å². The van der Waals surface area contributed by atoms with Crippen LogP contribution in [0.15, 0.2) is 84.9 Å². The third-order valence-corrected chi connectivity index (χ3v) is 3.66. The number of benzene rings is 3. The van der Waals surface area contributed by atoms with E-state index in [9.17, 15) is 4.79 Å². The molecule has 0 aromatic heterocycles. The van der Waals surface area contributed by atoms with Crippen molar-refractivity contribution >= 4 is 17.7 Å². The monoisotopic (exact) mass is 345 g/mol. The molecule has 4 nitrogen and oxygen atoms in total. The molecule has 0 fully saturated rings. The normalized spacial score (nSPS) is 10.5. The highest BCUT2D eigenvalue weighted by molar-refractivity contribution is 6.02. The number of carbonyl (C=O) groups excluding carboxylic acids is 1. The summed E-state index contributed by atoms with van der Waals surface area (Å²) in [4.78, 5) is 12.2. The third-order valence-electron chi connectivity index (χ3n) is 3.66. The quantitative estimate of drug-likeness (QED) is 0.629. The Morgan fingerprint density at radius 3 is 2.27 bits per heavy atom. The minimum atomic E-state index is -0.232. The number of rotatable bonds is 6. The number of hydrogen-bond donors (Lipinski definition) is 1. The Balaban J connectivity index is 1.68. The van der Waals surface area contributed by atoms with Gasteiger partial charge in [-0.2, -0.15) is 0 Å². The molecule has 0 aliphatic rings. The second-order valence-corrected chi connectivity index (χ2v) is 5.51. The zero-order valence-electron chi connectivity index (χ0n) is 14.4. The van der Waals surface area contributed by atoms with Gasteiger partial charge in [-0.25, -0.2) is 0 Å². The van der Waals surface area contributed by atoms with Crippen LogP contribution in [-0.4, -0.2) is 13.0 Å². The molecule has 0 heterocycles. The van der Waals surface area contributed by atoms with E-state index in [0.29, 0.717) is 17.2 Å². The van der Waals surface area contributed by atoms with Crippen molar-refractivity contribution in [2.75, 3.05) is 12.4 Å². The lowest BCUT2D eigenvalue weighted by Gasteiger charge is -2.11. The second kappa shape index (κ2) is 8.53. The van der Waals surface area contributed by atoms with E-state index < -0.39 is 0 Å². The summed E-state index contributed by atoms with van der Waals surface area (Å²) in [6.07, 6.45) is 3.23. The maximum absolute atomic E-state index is 12.2. The number of carbonyl (C=O) groups is 1. The summed E-state index contributed by atoms with van der Waals surface area (Å²) in [6.45, 7) is 0. The van der Waals surface area contributed by atoms with E-state index >= 15 is 0 Å². The number of amides is 1. The van der Waals surface area contributed by atoms with Crippen molar-refractivity contribution in [3.8, 4) is 17.2 Å². The van der Waals surface area contributed by atoms with Crippen LogP contribution in [0.25, 0.3) is 6.08 Å². The van der Waals surface area contributed by atoms with Crippen LogP contribution in [0, 0.1) is 0 Å². The largest absolute Gasteiger partial charge is 0.497 e. The van der Waals surface area contributed by atoms with Crippen LogP contribution < -0.4 is 14.8 Å². The summed E-state index contributed by atoms with van der Waals surface area (Å²) >= 11 is 0. The first-order valence-corrected chi connectivity index (χ1v) is 8.19. The minimum Gasteiger partial charge on any atom is -0.497 e. The molecule has 0 saturated carbocycles. The van der Waals surface area contributed by atoms with Gasteiger partial charge < -0.3 is 14.8 Å². The molecule has 4 heteroatoms. The van der Waals surface area contributed by atoms with E-state index in [1.807, 2.05) is 72.8 Å². The van der Waals surface area contributed by atoms with Gasteiger partial charge in [0.2, 0.25) is 5.91 Å². The summed E-state index contributed by atoms with van der Waals surface area (Å²) in [5, 5.41) is 2.85. The second-order valence-electron chi connectivity index (χ2n) is 5.51. The smallest absolute Gasteiger partial charge is 0.248 e. The van der Waals surface area contributed by atoms with Gasteiger partial charge in [-0.3, -0.25) is 4.79 Å². The molecule has 0 unspecified atom stereocenters. The number of methoxy groups -OCH3 is 1. The standard InChI is InChI=1S/C22H19NO3/c1-25-18-14-11-17(12-15-18)13-16-22(24)23-20-9-5-6-10-21(20)26-19-7-3-2-4-8-19/h2-16H,1H3,(H,23,24). The van der Waals surface area contributed by atoms with Crippen molar-refractivity contribution in [2.45, 2.75) is 0 Å². The highest BCUT2D eigenvalue weighted by Gasteiger charge is 2.06. The Bertz CT molecular complexity index is 887. The van der Waals surface area contributed by atoms with Crippen LogP contribution in [-0.2, 0) is 4.79 Å². The number of anilines is 1. The molecule has 1 amide bonds. The molecule has 3 rings (SSSR count). The van der Waals surface area contributed by atoms with E-state index in [0.717, 1.165) is 11.3 Å². The van der Waals surface area contributed by atoms with Crippen LogP contribution in [0.5, 0.6) is 17.2 Å². The molecule has 0 aliphatic carbocycles. The van der Waals surface area contributed by atoms with E-state index in [-0.39, 0.29) is 5.91 Å². The van der Waals surface area contributed by atoms with Crippen molar-refractivity contribution in [3.05, 3.63) is 90.5 Å². The predicted octanol–water partition coefficient (Wildman–Crippen LogP) is 5.14. The van der Waals surface area contributed by atoms with Crippen LogP contribution in [0.1, 0.15) is 5.56 Å². The molecule has 1 N–H and O–H groups in total. The van der Waals surface area contributed by atoms with Crippen LogP contribution in [0.3, 0.4) is 0 Å². The Kier molecular flexibility index (Phi) is 5.68. The van der Waals surface area contributed by atoms with Gasteiger partial charge in [0.05, 0.1) is 12.8 Å². The Labute approximate surface area is 152 Å². The Morgan fingerprint density at radius 1 is 0.846 bits per heavy atom. The lowest BCUT2D eigenvalue weighted by atomic mass is 10.2. The van der Waals surface area contributed by atoms with Gasteiger partial charge in [0.25, 0.3) is 0 Å². The fourth-order valence-corrected chi connectivity index (χ4v) is 2.34. The molecule has 0 aliphatic heterocycles. The molecule has 0 atom stereocenters. The number of hydrogen-bond acceptors (Lipinski definition) is 3. The zero-order valence-corrected chi connectivity index (χ0v) is 14.4. The number of nitrogens with one attached hydrogen (secondary N) is 1. The molecule has 0 bridgehead atoms. The van der Waals surface area contributed by atoms with E-state index in [1.165, 1.54) is 6.08 Å². The van der Waals surface area contributed by atoms with Gasteiger partial charge in [0, 0.05) is 6.08 Å². The lowest BCUT2D eigenvalue weighted by Crippen LogP contribution is -2.08. The summed E-state index contributed by atoms with van der Waals surface area (Å²) in [5.74, 6) is 1.84. The molecule has 0 radical (unpaired) electrons. The highest BCUT2D eigenvalue weighted by atomic mass is 16.5. The lowest BCUT2D eigenvalue weighted by molar-refractivity contribution is -0.111. The summed E-state index contributed by atoms with van der Waals surface area (Å²) in [7, 11) is 1.62. The van der Waals surface area contributed by atoms with Gasteiger partial charge >= 0.3 is 0 Å². The molecule has 0 saturated heterocycles. The summed E-state index contributed by atoms with van der Waals surface area (Å²) < 4.78 is 11.0. The van der Waals surface area contributed by atoms with Crippen LogP contribution in [0.4, 0.5) is 5.69 Å². The van der Waals surface area contributed by atoms with Crippen LogP contribution in [0.2, 0.25) is 0 Å². The van der Waals surface area contributed by atoms with Gasteiger partial charge in [-0.15, -0.1) is 0 Å². The molecule has 26 heavy (non-hydrogen) atoms. The molecule has 130 valence electrons. The number of para-hydroxylation sites is 3. The minimum absolute atomic E-state index is 0.232. The maximum Gasteiger partial charge on any atom is 0.248 e. The van der Waals surface area contributed by atoms with Crippen molar-refractivity contribution < 1.29 is 14.3 Å². The van der Waals surface area contributed by atoms with E-state index in [1.54, 1.807) is 19.3 Å². The van der Waals surface area contributed by atoms with Crippen LogP contribution >= 0.6 is 0 Å². The first-order valence-electron chi connectivity index (χ1n) is 8.19. The van der Waals surface area contributed by atoms with E-state index in [4.69, 9.17) is 9.47 Å². The molecule has 3 aromatic carbocycles. The van der Waals surface area contributed by atoms with Gasteiger partial charge in [0.1, 0.15) is 11.5 Å². The molecular formula is C22H19NO3. The van der Waals surface area contributed by atoms with Gasteiger partial charge in [-0.1, -0.05) is 42.5 Å². The molecule has 0 spiro atoms. The van der Waals surface area contributed by atoms with E-state index in [2.05, 4.69) is 5.32 Å². The van der Waals surface area contributed by atoms with Gasteiger partial charge in [0.15, 0.2) is 5.75 Å². The van der Waals surface area contributed by atoms with Crippen molar-refractivity contribution in [1.29, 1.82) is 0 Å². The molecule has 3 aromatic rings. The SMILES string of the molecule is COc1ccc(C=CC(=O)Nc2ccccc2Oc2ccccc2)cc1. The predicted molar refractivity (Wildman–Crippen MR) is 104 cm³/mol. The highest BCUT2D eigenvalue weighted by Crippen LogP contribution is 2.29. The zero-order chi connectivity index (χ0) is 18.2. The Morgan fingerprint density at radius 2 is 1.54 bits per heavy atom. The maximum atomic E-state index is 12.2.